The van der Waals surface area contributed by atoms with Gasteiger partial charge in [0.2, 0.25) is 5.91 Å². The van der Waals surface area contributed by atoms with Gasteiger partial charge in [0, 0.05) is 32.7 Å². The van der Waals surface area contributed by atoms with E-state index in [2.05, 4.69) is 43.4 Å². The highest BCUT2D eigenvalue weighted by atomic mass is 32.2. The van der Waals surface area contributed by atoms with Crippen molar-refractivity contribution in [2.45, 2.75) is 46.0 Å². The van der Waals surface area contributed by atoms with Crippen molar-refractivity contribution in [2.24, 2.45) is 11.8 Å². The highest BCUT2D eigenvalue weighted by Crippen LogP contribution is 2.25. The first-order valence-electron chi connectivity index (χ1n) is 10.4. The van der Waals surface area contributed by atoms with Gasteiger partial charge in [-0.2, -0.15) is 17.0 Å². The van der Waals surface area contributed by atoms with E-state index in [0.29, 0.717) is 38.6 Å². The molecule has 1 N–H and O–H groups in total. The van der Waals surface area contributed by atoms with Crippen LogP contribution in [0.4, 0.5) is 0 Å². The summed E-state index contributed by atoms with van der Waals surface area (Å²) in [5.41, 5.74) is 2.41. The minimum Gasteiger partial charge on any atom is -0.355 e. The third-order valence-electron chi connectivity index (χ3n) is 5.98. The predicted molar refractivity (Wildman–Crippen MR) is 111 cm³/mol. The van der Waals surface area contributed by atoms with Crippen LogP contribution in [0, 0.1) is 18.8 Å². The summed E-state index contributed by atoms with van der Waals surface area (Å²) in [6.45, 7) is 6.79. The van der Waals surface area contributed by atoms with E-state index in [4.69, 9.17) is 0 Å². The summed E-state index contributed by atoms with van der Waals surface area (Å²) >= 11 is 0. The summed E-state index contributed by atoms with van der Waals surface area (Å²) < 4.78 is 29.1. The van der Waals surface area contributed by atoms with Crippen LogP contribution in [-0.2, 0) is 21.4 Å². The average molecular weight is 408 g/mol. The Morgan fingerprint density at radius 1 is 1.07 bits per heavy atom. The lowest BCUT2D eigenvalue weighted by Gasteiger charge is -2.37. The Morgan fingerprint density at radius 2 is 1.75 bits per heavy atom. The van der Waals surface area contributed by atoms with Gasteiger partial charge in [-0.3, -0.25) is 4.79 Å². The third kappa shape index (κ3) is 5.33. The quantitative estimate of drug-likeness (QED) is 0.787. The van der Waals surface area contributed by atoms with Crippen LogP contribution < -0.4 is 5.32 Å². The van der Waals surface area contributed by atoms with E-state index in [-0.39, 0.29) is 11.8 Å². The second kappa shape index (κ2) is 9.37. The largest absolute Gasteiger partial charge is 0.355 e. The minimum absolute atomic E-state index is 0.0284. The monoisotopic (exact) mass is 407 g/mol. The fraction of sp³-hybridized carbons (Fsp3) is 0.667. The minimum atomic E-state index is -3.46. The molecular weight excluding hydrogens is 374 g/mol. The Labute approximate surface area is 169 Å². The molecule has 1 aromatic carbocycles. The molecule has 2 saturated heterocycles. The number of hydrogen-bond donors (Lipinski definition) is 1. The van der Waals surface area contributed by atoms with Crippen LogP contribution in [0.15, 0.2) is 24.3 Å². The SMILES string of the molecule is Cc1ccc(CCNC(=O)C2CCCN(S(=O)(=O)N3CCC(C)CC3)C2)cc1. The predicted octanol–water partition coefficient (Wildman–Crippen LogP) is 2.34. The number of aryl methyl sites for hydroxylation is 1. The van der Waals surface area contributed by atoms with Gasteiger partial charge in [-0.1, -0.05) is 36.8 Å². The molecule has 3 rings (SSSR count). The molecule has 0 bridgehead atoms. The Bertz CT molecular complexity index is 756. The van der Waals surface area contributed by atoms with Crippen molar-refractivity contribution >= 4 is 16.1 Å². The maximum atomic E-state index is 13.0. The first-order valence-corrected chi connectivity index (χ1v) is 11.8. The Kier molecular flexibility index (Phi) is 7.12. The van der Waals surface area contributed by atoms with Crippen LogP contribution in [0.3, 0.4) is 0 Å². The van der Waals surface area contributed by atoms with Crippen LogP contribution in [0.25, 0.3) is 0 Å². The van der Waals surface area contributed by atoms with E-state index in [1.165, 1.54) is 15.4 Å². The molecule has 1 atom stereocenters. The maximum absolute atomic E-state index is 13.0. The standard InChI is InChI=1S/C21H33N3O3S/c1-17-5-7-19(8-6-17)9-12-22-21(25)20-4-3-13-24(16-20)28(26,27)23-14-10-18(2)11-15-23/h5-8,18,20H,3-4,9-16H2,1-2H3,(H,22,25). The van der Waals surface area contributed by atoms with Crippen molar-refractivity contribution in [3.05, 3.63) is 35.4 Å². The lowest BCUT2D eigenvalue weighted by molar-refractivity contribution is -0.126. The summed E-state index contributed by atoms with van der Waals surface area (Å²) in [5.74, 6) is 0.296. The zero-order chi connectivity index (χ0) is 20.1. The van der Waals surface area contributed by atoms with Gasteiger partial charge < -0.3 is 5.32 Å². The van der Waals surface area contributed by atoms with Gasteiger partial charge in [0.15, 0.2) is 0 Å². The van der Waals surface area contributed by atoms with Crippen LogP contribution >= 0.6 is 0 Å². The number of hydrogen-bond acceptors (Lipinski definition) is 3. The normalized spacial score (nSPS) is 22.9. The molecule has 156 valence electrons. The van der Waals surface area contributed by atoms with Crippen molar-refractivity contribution in [3.63, 3.8) is 0 Å². The highest BCUT2D eigenvalue weighted by Gasteiger charge is 2.36. The number of nitrogens with one attached hydrogen (secondary N) is 1. The van der Waals surface area contributed by atoms with Gasteiger partial charge in [-0.15, -0.1) is 0 Å². The summed E-state index contributed by atoms with van der Waals surface area (Å²) in [4.78, 5) is 12.6. The second-order valence-electron chi connectivity index (χ2n) is 8.31. The zero-order valence-corrected chi connectivity index (χ0v) is 17.9. The van der Waals surface area contributed by atoms with Gasteiger partial charge in [-0.05, 0) is 50.5 Å². The van der Waals surface area contributed by atoms with Crippen LogP contribution in [0.5, 0.6) is 0 Å². The molecule has 0 radical (unpaired) electrons. The number of carbonyl (C=O) groups is 1. The van der Waals surface area contributed by atoms with Gasteiger partial charge >= 0.3 is 0 Å². The topological polar surface area (TPSA) is 69.7 Å². The molecule has 2 aliphatic heterocycles. The van der Waals surface area contributed by atoms with Gasteiger partial charge in [0.05, 0.1) is 5.92 Å². The van der Waals surface area contributed by atoms with E-state index in [1.807, 2.05) is 0 Å². The molecule has 0 saturated carbocycles. The van der Waals surface area contributed by atoms with Gasteiger partial charge in [-0.25, -0.2) is 0 Å². The molecule has 1 aromatic rings. The Balaban J connectivity index is 1.50. The molecule has 2 fully saturated rings. The summed E-state index contributed by atoms with van der Waals surface area (Å²) in [7, 11) is -3.46. The van der Waals surface area contributed by atoms with E-state index in [9.17, 15) is 13.2 Å². The molecule has 0 aromatic heterocycles. The molecule has 2 heterocycles. The fourth-order valence-electron chi connectivity index (χ4n) is 3.97. The van der Waals surface area contributed by atoms with Crippen molar-refractivity contribution in [3.8, 4) is 0 Å². The number of benzene rings is 1. The highest BCUT2D eigenvalue weighted by molar-refractivity contribution is 7.86. The molecule has 28 heavy (non-hydrogen) atoms. The molecule has 0 spiro atoms. The smallest absolute Gasteiger partial charge is 0.281 e. The first kappa shape index (κ1) is 21.3. The zero-order valence-electron chi connectivity index (χ0n) is 17.1. The molecule has 1 amide bonds. The number of amides is 1. The number of nitrogens with zero attached hydrogens (tertiary/aromatic N) is 2. The van der Waals surface area contributed by atoms with Crippen LogP contribution in [0.2, 0.25) is 0 Å². The molecule has 2 aliphatic rings. The van der Waals surface area contributed by atoms with Crippen molar-refractivity contribution < 1.29 is 13.2 Å². The maximum Gasteiger partial charge on any atom is 0.281 e. The van der Waals surface area contributed by atoms with Gasteiger partial charge in [0.1, 0.15) is 0 Å². The van der Waals surface area contributed by atoms with E-state index in [0.717, 1.165) is 32.1 Å². The lowest BCUT2D eigenvalue weighted by Crippen LogP contribution is -2.52. The molecule has 7 heteroatoms. The molecule has 1 unspecified atom stereocenters. The molecular formula is C21H33N3O3S. The number of rotatable bonds is 6. The van der Waals surface area contributed by atoms with E-state index < -0.39 is 10.2 Å². The number of piperidine rings is 2. The lowest BCUT2D eigenvalue weighted by atomic mass is 9.98. The Morgan fingerprint density at radius 3 is 2.43 bits per heavy atom. The second-order valence-corrected chi connectivity index (χ2v) is 10.2. The van der Waals surface area contributed by atoms with Gasteiger partial charge in [0.25, 0.3) is 10.2 Å². The average Bonchev–Trinajstić information content (AvgIpc) is 2.70. The third-order valence-corrected chi connectivity index (χ3v) is 7.99. The van der Waals surface area contributed by atoms with E-state index in [1.54, 1.807) is 4.31 Å². The molecule has 0 aliphatic carbocycles. The molecule has 6 nitrogen and oxygen atoms in total. The first-order chi connectivity index (χ1) is 13.4. The van der Waals surface area contributed by atoms with Crippen molar-refractivity contribution in [2.75, 3.05) is 32.7 Å². The van der Waals surface area contributed by atoms with E-state index >= 15 is 0 Å². The van der Waals surface area contributed by atoms with Crippen LogP contribution in [0.1, 0.15) is 43.7 Å². The summed E-state index contributed by atoms with van der Waals surface area (Å²) in [6, 6.07) is 8.30. The van der Waals surface area contributed by atoms with Crippen molar-refractivity contribution in [1.29, 1.82) is 0 Å². The summed E-state index contributed by atoms with van der Waals surface area (Å²) in [6.07, 6.45) is 4.09. The fourth-order valence-corrected chi connectivity index (χ4v) is 5.70. The number of carbonyl (C=O) groups excluding carboxylic acids is 1. The van der Waals surface area contributed by atoms with Crippen molar-refractivity contribution in [1.82, 2.24) is 13.9 Å². The Hall–Kier alpha value is -1.44. The summed E-state index contributed by atoms with van der Waals surface area (Å²) in [5, 5.41) is 3.00. The van der Waals surface area contributed by atoms with Crippen LogP contribution in [-0.4, -0.2) is 55.7 Å².